The third-order valence-electron chi connectivity index (χ3n) is 4.00. The van der Waals surface area contributed by atoms with Crippen LogP contribution >= 0.6 is 11.3 Å². The van der Waals surface area contributed by atoms with Crippen LogP contribution in [-0.2, 0) is 11.2 Å². The average Bonchev–Trinajstić information content (AvgIpc) is 3.25. The van der Waals surface area contributed by atoms with Gasteiger partial charge in [0, 0.05) is 10.6 Å². The number of ether oxygens (including phenoxy) is 1. The Hall–Kier alpha value is -3.45. The van der Waals surface area contributed by atoms with E-state index in [1.807, 2.05) is 17.5 Å². The highest BCUT2D eigenvalue weighted by Crippen LogP contribution is 2.27. The third-order valence-corrected chi connectivity index (χ3v) is 4.87. The van der Waals surface area contributed by atoms with E-state index in [0.717, 1.165) is 4.88 Å². The van der Waals surface area contributed by atoms with Gasteiger partial charge < -0.3 is 10.1 Å². The summed E-state index contributed by atoms with van der Waals surface area (Å²) in [5.41, 5.74) is 1.31. The minimum Gasteiger partial charge on any atom is -0.457 e. The molecule has 1 aliphatic heterocycles. The van der Waals surface area contributed by atoms with Gasteiger partial charge in [-0.3, -0.25) is 19.7 Å². The van der Waals surface area contributed by atoms with Crippen molar-refractivity contribution >= 4 is 34.7 Å². The number of hydrogen-bond acceptors (Lipinski definition) is 5. The van der Waals surface area contributed by atoms with Crippen LogP contribution in [-0.4, -0.2) is 17.7 Å². The number of hydrogen-bond donors (Lipinski definition) is 2. The number of rotatable bonds is 5. The second kappa shape index (κ2) is 7.05. The predicted molar refractivity (Wildman–Crippen MR) is 101 cm³/mol. The Morgan fingerprint density at radius 2 is 1.70 bits per heavy atom. The molecule has 0 atom stereocenters. The lowest BCUT2D eigenvalue weighted by molar-refractivity contribution is -0.115. The van der Waals surface area contributed by atoms with E-state index < -0.39 is 11.8 Å². The highest BCUT2D eigenvalue weighted by atomic mass is 32.1. The zero-order valence-corrected chi connectivity index (χ0v) is 14.8. The topological polar surface area (TPSA) is 84.5 Å². The molecule has 3 amide bonds. The number of carbonyl (C=O) groups excluding carboxylic acids is 3. The van der Waals surface area contributed by atoms with E-state index in [1.54, 1.807) is 47.7 Å². The van der Waals surface area contributed by atoms with Gasteiger partial charge in [0.1, 0.15) is 11.5 Å². The first kappa shape index (κ1) is 17.0. The molecule has 0 saturated heterocycles. The number of amides is 3. The standard InChI is InChI=1S/C20H14N2O4S/c23-18(11-15-2-1-9-27-15)21-12-3-5-13(6-4-12)26-14-7-8-16-17(10-14)20(25)22-19(16)24/h1-10H,11H2,(H,21,23)(H,22,24,25). The SMILES string of the molecule is O=C(Cc1cccs1)Nc1ccc(Oc2ccc3c(c2)C(=O)NC3=O)cc1. The van der Waals surface area contributed by atoms with E-state index in [4.69, 9.17) is 4.74 Å². The normalized spacial score (nSPS) is 12.4. The van der Waals surface area contributed by atoms with Crippen LogP contribution < -0.4 is 15.4 Å². The molecule has 0 unspecified atom stereocenters. The molecule has 2 aromatic carbocycles. The van der Waals surface area contributed by atoms with Crippen LogP contribution in [0.2, 0.25) is 0 Å². The van der Waals surface area contributed by atoms with Gasteiger partial charge in [-0.15, -0.1) is 11.3 Å². The van der Waals surface area contributed by atoms with Gasteiger partial charge in [0.2, 0.25) is 5.91 Å². The van der Waals surface area contributed by atoms with Crippen molar-refractivity contribution in [3.05, 3.63) is 76.0 Å². The fourth-order valence-corrected chi connectivity index (χ4v) is 3.43. The maximum atomic E-state index is 12.0. The lowest BCUT2D eigenvalue weighted by atomic mass is 10.1. The third kappa shape index (κ3) is 3.73. The van der Waals surface area contributed by atoms with E-state index >= 15 is 0 Å². The van der Waals surface area contributed by atoms with Gasteiger partial charge in [0.05, 0.1) is 17.5 Å². The number of nitrogens with one attached hydrogen (secondary N) is 2. The van der Waals surface area contributed by atoms with E-state index in [9.17, 15) is 14.4 Å². The maximum absolute atomic E-state index is 12.0. The fourth-order valence-electron chi connectivity index (χ4n) is 2.73. The lowest BCUT2D eigenvalue weighted by Gasteiger charge is -2.08. The van der Waals surface area contributed by atoms with Crippen LogP contribution in [0.4, 0.5) is 5.69 Å². The summed E-state index contributed by atoms with van der Waals surface area (Å²) in [5.74, 6) is 0.0953. The molecule has 0 fully saturated rings. The molecular weight excluding hydrogens is 364 g/mol. The number of benzene rings is 2. The molecule has 0 saturated carbocycles. The Kier molecular flexibility index (Phi) is 4.43. The molecule has 0 radical (unpaired) electrons. The fraction of sp³-hybridized carbons (Fsp3) is 0.0500. The summed E-state index contributed by atoms with van der Waals surface area (Å²) < 4.78 is 5.73. The number of imide groups is 1. The molecule has 0 aliphatic carbocycles. The van der Waals surface area contributed by atoms with Gasteiger partial charge in [0.15, 0.2) is 0 Å². The molecule has 134 valence electrons. The zero-order chi connectivity index (χ0) is 18.8. The summed E-state index contributed by atoms with van der Waals surface area (Å²) in [7, 11) is 0. The van der Waals surface area contributed by atoms with Gasteiger partial charge in [0.25, 0.3) is 11.8 Å². The predicted octanol–water partition coefficient (Wildman–Crippen LogP) is 3.61. The van der Waals surface area contributed by atoms with Crippen molar-refractivity contribution in [2.75, 3.05) is 5.32 Å². The van der Waals surface area contributed by atoms with Crippen molar-refractivity contribution in [1.82, 2.24) is 5.32 Å². The molecule has 2 heterocycles. The second-order valence-corrected chi connectivity index (χ2v) is 6.95. The van der Waals surface area contributed by atoms with Crippen LogP contribution in [0.15, 0.2) is 60.0 Å². The van der Waals surface area contributed by atoms with Crippen molar-refractivity contribution in [2.24, 2.45) is 0 Å². The minimum absolute atomic E-state index is 0.0829. The largest absolute Gasteiger partial charge is 0.457 e. The first-order valence-corrected chi connectivity index (χ1v) is 9.06. The first-order chi connectivity index (χ1) is 13.1. The summed E-state index contributed by atoms with van der Waals surface area (Å²) in [4.78, 5) is 36.3. The van der Waals surface area contributed by atoms with Crippen molar-refractivity contribution < 1.29 is 19.1 Å². The van der Waals surface area contributed by atoms with E-state index in [1.165, 1.54) is 6.07 Å². The van der Waals surface area contributed by atoms with Crippen LogP contribution in [0.25, 0.3) is 0 Å². The van der Waals surface area contributed by atoms with Gasteiger partial charge in [-0.2, -0.15) is 0 Å². The number of carbonyl (C=O) groups is 3. The lowest BCUT2D eigenvalue weighted by Crippen LogP contribution is -2.19. The van der Waals surface area contributed by atoms with Gasteiger partial charge in [-0.05, 0) is 53.9 Å². The Bertz CT molecular complexity index is 1030. The van der Waals surface area contributed by atoms with Gasteiger partial charge in [-0.1, -0.05) is 6.07 Å². The van der Waals surface area contributed by atoms with Crippen LogP contribution in [0.3, 0.4) is 0 Å². The van der Waals surface area contributed by atoms with Crippen molar-refractivity contribution in [1.29, 1.82) is 0 Å². The summed E-state index contributed by atoms with van der Waals surface area (Å²) in [6.07, 6.45) is 0.339. The number of thiophene rings is 1. The Balaban J connectivity index is 1.41. The summed E-state index contributed by atoms with van der Waals surface area (Å²) in [5, 5.41) is 7.02. The van der Waals surface area contributed by atoms with Crippen LogP contribution in [0.1, 0.15) is 25.6 Å². The maximum Gasteiger partial charge on any atom is 0.259 e. The molecular formula is C20H14N2O4S. The van der Waals surface area contributed by atoms with Crippen LogP contribution in [0, 0.1) is 0 Å². The van der Waals surface area contributed by atoms with Crippen molar-refractivity contribution in [2.45, 2.75) is 6.42 Å². The molecule has 2 N–H and O–H groups in total. The van der Waals surface area contributed by atoms with E-state index in [2.05, 4.69) is 10.6 Å². The van der Waals surface area contributed by atoms with Crippen molar-refractivity contribution in [3.8, 4) is 11.5 Å². The minimum atomic E-state index is -0.427. The monoisotopic (exact) mass is 378 g/mol. The molecule has 3 aromatic rings. The number of fused-ring (bicyclic) bond motifs is 1. The molecule has 0 spiro atoms. The highest BCUT2D eigenvalue weighted by Gasteiger charge is 2.26. The van der Waals surface area contributed by atoms with Gasteiger partial charge in [-0.25, -0.2) is 0 Å². The summed E-state index contributed by atoms with van der Waals surface area (Å²) in [6.45, 7) is 0. The zero-order valence-electron chi connectivity index (χ0n) is 14.0. The molecule has 4 rings (SSSR count). The molecule has 1 aromatic heterocycles. The molecule has 7 heteroatoms. The quantitative estimate of drug-likeness (QED) is 0.665. The first-order valence-electron chi connectivity index (χ1n) is 8.18. The second-order valence-electron chi connectivity index (χ2n) is 5.92. The smallest absolute Gasteiger partial charge is 0.259 e. The highest BCUT2D eigenvalue weighted by molar-refractivity contribution is 7.10. The Morgan fingerprint density at radius 1 is 0.963 bits per heavy atom. The molecule has 6 nitrogen and oxygen atoms in total. The van der Waals surface area contributed by atoms with Gasteiger partial charge >= 0.3 is 0 Å². The Labute approximate surface area is 158 Å². The Morgan fingerprint density at radius 3 is 2.44 bits per heavy atom. The summed E-state index contributed by atoms with van der Waals surface area (Å²) in [6, 6.07) is 15.5. The van der Waals surface area contributed by atoms with Crippen molar-refractivity contribution in [3.63, 3.8) is 0 Å². The van der Waals surface area contributed by atoms with E-state index in [0.29, 0.717) is 34.7 Å². The average molecular weight is 378 g/mol. The summed E-state index contributed by atoms with van der Waals surface area (Å²) >= 11 is 1.54. The van der Waals surface area contributed by atoms with E-state index in [-0.39, 0.29) is 5.91 Å². The van der Waals surface area contributed by atoms with Crippen LogP contribution in [0.5, 0.6) is 11.5 Å². The number of anilines is 1. The molecule has 27 heavy (non-hydrogen) atoms. The molecule has 1 aliphatic rings. The molecule has 0 bridgehead atoms.